The maximum Gasteiger partial charge on any atom is 0.407 e. The zero-order chi connectivity index (χ0) is 17.1. The first-order valence-electron chi connectivity index (χ1n) is 7.87. The van der Waals surface area contributed by atoms with E-state index in [1.807, 2.05) is 38.1 Å². The Labute approximate surface area is 142 Å². The summed E-state index contributed by atoms with van der Waals surface area (Å²) in [5.74, 6) is 1.64. The molecule has 0 radical (unpaired) electrons. The molecule has 0 aromatic heterocycles. The van der Waals surface area contributed by atoms with Crippen molar-refractivity contribution in [2.45, 2.75) is 32.7 Å². The third kappa shape index (κ3) is 8.67. The van der Waals surface area contributed by atoms with Crippen LogP contribution in [-0.4, -0.2) is 42.9 Å². The second-order valence-electron chi connectivity index (χ2n) is 5.76. The maximum absolute atomic E-state index is 11.6. The van der Waals surface area contributed by atoms with E-state index in [2.05, 4.69) is 5.32 Å². The number of alkyl halides is 1. The number of nitrogens with one attached hydrogen (secondary N) is 1. The van der Waals surface area contributed by atoms with Gasteiger partial charge >= 0.3 is 6.09 Å². The molecule has 6 heteroatoms. The van der Waals surface area contributed by atoms with Crippen LogP contribution in [0.25, 0.3) is 0 Å². The summed E-state index contributed by atoms with van der Waals surface area (Å²) in [4.78, 5) is 11.6. The molecule has 0 aliphatic carbocycles. The number of aliphatic hydroxyl groups is 1. The van der Waals surface area contributed by atoms with Crippen molar-refractivity contribution in [1.29, 1.82) is 0 Å². The molecule has 1 atom stereocenters. The fourth-order valence-electron chi connectivity index (χ4n) is 1.86. The maximum atomic E-state index is 11.6. The van der Waals surface area contributed by atoms with E-state index in [0.717, 1.165) is 17.7 Å². The summed E-state index contributed by atoms with van der Waals surface area (Å²) in [6.07, 6.45) is 0.826. The van der Waals surface area contributed by atoms with Gasteiger partial charge in [0.25, 0.3) is 0 Å². The van der Waals surface area contributed by atoms with Crippen LogP contribution >= 0.6 is 11.6 Å². The first kappa shape index (κ1) is 19.6. The Morgan fingerprint density at radius 3 is 2.57 bits per heavy atom. The number of benzene rings is 1. The lowest BCUT2D eigenvalue weighted by molar-refractivity contribution is 0.123. The molecule has 23 heavy (non-hydrogen) atoms. The Balaban J connectivity index is 2.43. The van der Waals surface area contributed by atoms with E-state index in [9.17, 15) is 9.90 Å². The van der Waals surface area contributed by atoms with Gasteiger partial charge in [0.15, 0.2) is 0 Å². The summed E-state index contributed by atoms with van der Waals surface area (Å²) in [5.41, 5.74) is 0.998. The van der Waals surface area contributed by atoms with Crippen molar-refractivity contribution in [3.05, 3.63) is 29.8 Å². The van der Waals surface area contributed by atoms with Gasteiger partial charge < -0.3 is 19.9 Å². The lowest BCUT2D eigenvalue weighted by Crippen LogP contribution is -2.39. The molecule has 1 amide bonds. The molecule has 0 spiro atoms. The van der Waals surface area contributed by atoms with Crippen molar-refractivity contribution in [2.75, 3.05) is 25.7 Å². The first-order chi connectivity index (χ1) is 11.0. The van der Waals surface area contributed by atoms with E-state index in [0.29, 0.717) is 25.5 Å². The highest BCUT2D eigenvalue weighted by Crippen LogP contribution is 2.14. The summed E-state index contributed by atoms with van der Waals surface area (Å²) in [5, 5.41) is 12.1. The van der Waals surface area contributed by atoms with Gasteiger partial charge in [0.1, 0.15) is 5.75 Å². The van der Waals surface area contributed by atoms with Gasteiger partial charge in [-0.05, 0) is 36.5 Å². The number of halogens is 1. The van der Waals surface area contributed by atoms with Crippen molar-refractivity contribution in [2.24, 2.45) is 5.92 Å². The van der Waals surface area contributed by atoms with Crippen LogP contribution in [0.3, 0.4) is 0 Å². The van der Waals surface area contributed by atoms with Gasteiger partial charge in [0.2, 0.25) is 0 Å². The van der Waals surface area contributed by atoms with Crippen LogP contribution in [0.5, 0.6) is 5.75 Å². The van der Waals surface area contributed by atoms with Gasteiger partial charge in [-0.15, -0.1) is 11.6 Å². The zero-order valence-electron chi connectivity index (χ0n) is 13.8. The highest BCUT2D eigenvalue weighted by molar-refractivity contribution is 6.17. The smallest absolute Gasteiger partial charge is 0.407 e. The number of carbonyl (C=O) groups is 1. The minimum Gasteiger partial charge on any atom is -0.494 e. The number of rotatable bonds is 10. The topological polar surface area (TPSA) is 67.8 Å². The van der Waals surface area contributed by atoms with E-state index in [1.165, 1.54) is 0 Å². The Kier molecular flexibility index (Phi) is 9.48. The summed E-state index contributed by atoms with van der Waals surface area (Å²) < 4.78 is 10.6. The lowest BCUT2D eigenvalue weighted by Gasteiger charge is -2.17. The molecular formula is C17H26ClNO4. The van der Waals surface area contributed by atoms with Crippen LogP contribution in [0.4, 0.5) is 4.79 Å². The van der Waals surface area contributed by atoms with Crippen LogP contribution in [0.1, 0.15) is 25.8 Å². The molecule has 5 nitrogen and oxygen atoms in total. The van der Waals surface area contributed by atoms with Crippen molar-refractivity contribution in [3.63, 3.8) is 0 Å². The van der Waals surface area contributed by atoms with Gasteiger partial charge in [0, 0.05) is 5.88 Å². The monoisotopic (exact) mass is 343 g/mol. The quantitative estimate of drug-likeness (QED) is 0.506. The van der Waals surface area contributed by atoms with Crippen LogP contribution < -0.4 is 10.1 Å². The second kappa shape index (κ2) is 11.1. The molecule has 0 saturated heterocycles. The third-order valence-corrected chi connectivity index (χ3v) is 3.31. The Morgan fingerprint density at radius 1 is 1.30 bits per heavy atom. The van der Waals surface area contributed by atoms with Crippen molar-refractivity contribution >= 4 is 17.7 Å². The molecule has 1 aromatic carbocycles. The van der Waals surface area contributed by atoms with Crippen LogP contribution in [0.15, 0.2) is 24.3 Å². The van der Waals surface area contributed by atoms with Gasteiger partial charge in [-0.1, -0.05) is 26.0 Å². The molecule has 130 valence electrons. The number of hydrogen-bond donors (Lipinski definition) is 2. The van der Waals surface area contributed by atoms with Crippen LogP contribution in [0.2, 0.25) is 0 Å². The number of hydrogen-bond acceptors (Lipinski definition) is 4. The van der Waals surface area contributed by atoms with Gasteiger partial charge in [-0.25, -0.2) is 4.79 Å². The van der Waals surface area contributed by atoms with Gasteiger partial charge in [-0.2, -0.15) is 0 Å². The molecule has 0 fully saturated rings. The minimum atomic E-state index is -0.501. The van der Waals surface area contributed by atoms with Crippen molar-refractivity contribution in [1.82, 2.24) is 5.32 Å². The summed E-state index contributed by atoms with van der Waals surface area (Å²) >= 11 is 5.60. The molecule has 1 aromatic rings. The number of aliphatic hydroxyl groups excluding tert-OH is 1. The normalized spacial score (nSPS) is 12.0. The van der Waals surface area contributed by atoms with Crippen molar-refractivity contribution in [3.8, 4) is 5.75 Å². The third-order valence-electron chi connectivity index (χ3n) is 3.04. The average molecular weight is 344 g/mol. The highest BCUT2D eigenvalue weighted by atomic mass is 35.5. The van der Waals surface area contributed by atoms with E-state index >= 15 is 0 Å². The predicted octanol–water partition coefficient (Wildman–Crippen LogP) is 2.98. The highest BCUT2D eigenvalue weighted by Gasteiger charge is 2.13. The number of ether oxygens (including phenoxy) is 2. The summed E-state index contributed by atoms with van der Waals surface area (Å²) in [6, 6.07) is 7.20. The molecule has 1 rings (SSSR count). The zero-order valence-corrected chi connectivity index (χ0v) is 14.5. The summed E-state index contributed by atoms with van der Waals surface area (Å²) in [7, 11) is 0. The molecule has 0 aliphatic rings. The van der Waals surface area contributed by atoms with E-state index in [1.54, 1.807) is 0 Å². The number of amides is 1. The molecule has 0 bridgehead atoms. The van der Waals surface area contributed by atoms with E-state index in [-0.39, 0.29) is 18.6 Å². The van der Waals surface area contributed by atoms with Crippen molar-refractivity contribution < 1.29 is 19.4 Å². The van der Waals surface area contributed by atoms with Gasteiger partial charge in [0.05, 0.1) is 25.9 Å². The fraction of sp³-hybridized carbons (Fsp3) is 0.588. The van der Waals surface area contributed by atoms with E-state index < -0.39 is 6.09 Å². The van der Waals surface area contributed by atoms with Crippen LogP contribution in [-0.2, 0) is 11.2 Å². The Hall–Kier alpha value is -1.46. The lowest BCUT2D eigenvalue weighted by atomic mass is 10.1. The SMILES string of the molecule is CC(C)COC(=O)NC(CO)Cc1ccc(OCCCCl)cc1. The van der Waals surface area contributed by atoms with E-state index in [4.69, 9.17) is 21.1 Å². The predicted molar refractivity (Wildman–Crippen MR) is 91.2 cm³/mol. The first-order valence-corrected chi connectivity index (χ1v) is 8.40. The molecule has 2 N–H and O–H groups in total. The molecular weight excluding hydrogens is 318 g/mol. The Bertz CT molecular complexity index is 450. The molecule has 0 heterocycles. The molecule has 0 aliphatic heterocycles. The van der Waals surface area contributed by atoms with Gasteiger partial charge in [-0.3, -0.25) is 0 Å². The minimum absolute atomic E-state index is 0.148. The standard InChI is InChI=1S/C17H26ClNO4/c1-13(2)12-23-17(21)19-15(11-20)10-14-4-6-16(7-5-14)22-9-3-8-18/h4-7,13,15,20H,3,8-12H2,1-2H3,(H,19,21). The average Bonchev–Trinajstić information content (AvgIpc) is 2.54. The molecule has 1 unspecified atom stereocenters. The largest absolute Gasteiger partial charge is 0.494 e. The summed E-state index contributed by atoms with van der Waals surface area (Å²) in [6.45, 7) is 4.73. The fourth-order valence-corrected chi connectivity index (χ4v) is 1.97. The van der Waals surface area contributed by atoms with Crippen LogP contribution in [0, 0.1) is 5.92 Å². The molecule has 0 saturated carbocycles. The number of alkyl carbamates (subject to hydrolysis) is 1. The second-order valence-corrected chi connectivity index (χ2v) is 6.13. The Morgan fingerprint density at radius 2 is 2.00 bits per heavy atom. The number of carbonyl (C=O) groups excluding carboxylic acids is 1.